The first-order valence-corrected chi connectivity index (χ1v) is 5.65. The summed E-state index contributed by atoms with van der Waals surface area (Å²) in [5.74, 6) is 0.508. The van der Waals surface area contributed by atoms with Gasteiger partial charge in [-0.3, -0.25) is 0 Å². The minimum Gasteiger partial charge on any atom is -0.354 e. The number of nitrogens with zero attached hydrogens (tertiary/aromatic N) is 2. The zero-order valence-electron chi connectivity index (χ0n) is 9.11. The van der Waals surface area contributed by atoms with Crippen molar-refractivity contribution < 1.29 is 0 Å². The molecule has 4 heteroatoms. The summed E-state index contributed by atoms with van der Waals surface area (Å²) in [6.07, 6.45) is 1.97. The van der Waals surface area contributed by atoms with Crippen molar-refractivity contribution >= 4 is 16.5 Å². The third-order valence-corrected chi connectivity index (χ3v) is 4.36. The molecule has 0 bridgehead atoms. The van der Waals surface area contributed by atoms with Crippen molar-refractivity contribution in [3.05, 3.63) is 11.1 Å². The average molecular weight is 211 g/mol. The second kappa shape index (κ2) is 2.94. The van der Waals surface area contributed by atoms with E-state index in [0.29, 0.717) is 12.0 Å². The van der Waals surface area contributed by atoms with E-state index < -0.39 is 0 Å². The normalized spacial score (nSPS) is 28.9. The molecule has 0 radical (unpaired) electrons. The molecule has 78 valence electrons. The van der Waals surface area contributed by atoms with Crippen molar-refractivity contribution in [3.63, 3.8) is 0 Å². The van der Waals surface area contributed by atoms with Crippen LogP contribution in [0.2, 0.25) is 0 Å². The summed E-state index contributed by atoms with van der Waals surface area (Å²) in [6, 6.07) is 0.304. The SMILES string of the molecule is CN(C)c1ncc([C@H]2[C@H](N)C2(C)C)s1. The molecule has 2 atom stereocenters. The summed E-state index contributed by atoms with van der Waals surface area (Å²) in [6.45, 7) is 4.44. The maximum Gasteiger partial charge on any atom is 0.184 e. The zero-order valence-corrected chi connectivity index (χ0v) is 9.93. The molecule has 1 aliphatic carbocycles. The summed E-state index contributed by atoms with van der Waals surface area (Å²) < 4.78 is 0. The lowest BCUT2D eigenvalue weighted by atomic mass is 10.1. The predicted octanol–water partition coefficient (Wildman–Crippen LogP) is 1.66. The fourth-order valence-electron chi connectivity index (χ4n) is 1.85. The summed E-state index contributed by atoms with van der Waals surface area (Å²) >= 11 is 1.75. The van der Waals surface area contributed by atoms with Gasteiger partial charge in [-0.25, -0.2) is 4.98 Å². The van der Waals surface area contributed by atoms with Gasteiger partial charge in [0.25, 0.3) is 0 Å². The Kier molecular flexibility index (Phi) is 2.08. The Morgan fingerprint density at radius 3 is 2.43 bits per heavy atom. The van der Waals surface area contributed by atoms with Crippen LogP contribution in [0.1, 0.15) is 24.6 Å². The van der Waals surface area contributed by atoms with Crippen LogP contribution in [0.25, 0.3) is 0 Å². The van der Waals surface area contributed by atoms with Gasteiger partial charge in [0, 0.05) is 37.1 Å². The smallest absolute Gasteiger partial charge is 0.184 e. The molecule has 1 aromatic rings. The number of thiazole rings is 1. The van der Waals surface area contributed by atoms with Crippen LogP contribution in [0.4, 0.5) is 5.13 Å². The van der Waals surface area contributed by atoms with Crippen LogP contribution in [0.5, 0.6) is 0 Å². The van der Waals surface area contributed by atoms with Crippen LogP contribution in [-0.4, -0.2) is 25.1 Å². The van der Waals surface area contributed by atoms with Crippen LogP contribution in [-0.2, 0) is 0 Å². The third-order valence-electron chi connectivity index (χ3n) is 3.11. The highest BCUT2D eigenvalue weighted by Gasteiger charge is 2.57. The molecule has 1 saturated carbocycles. The van der Waals surface area contributed by atoms with Crippen molar-refractivity contribution in [1.82, 2.24) is 4.98 Å². The van der Waals surface area contributed by atoms with Gasteiger partial charge in [-0.05, 0) is 5.41 Å². The molecular weight excluding hydrogens is 194 g/mol. The summed E-state index contributed by atoms with van der Waals surface area (Å²) in [5.41, 5.74) is 6.29. The predicted molar refractivity (Wildman–Crippen MR) is 60.9 cm³/mol. The first kappa shape index (κ1) is 9.93. The third kappa shape index (κ3) is 1.33. The zero-order chi connectivity index (χ0) is 10.5. The Balaban J connectivity index is 2.20. The van der Waals surface area contributed by atoms with Crippen molar-refractivity contribution in [3.8, 4) is 0 Å². The first-order chi connectivity index (χ1) is 6.44. The topological polar surface area (TPSA) is 42.2 Å². The Morgan fingerprint density at radius 2 is 2.07 bits per heavy atom. The van der Waals surface area contributed by atoms with Gasteiger partial charge < -0.3 is 10.6 Å². The molecule has 0 aromatic carbocycles. The standard InChI is InChI=1S/C10H17N3S/c1-10(2)7(8(10)11)6-5-12-9(14-6)13(3)4/h5,7-8H,11H2,1-4H3/t7-,8-/m0/s1. The van der Waals surface area contributed by atoms with Crippen molar-refractivity contribution in [2.75, 3.05) is 19.0 Å². The largest absolute Gasteiger partial charge is 0.354 e. The molecule has 1 heterocycles. The molecule has 3 nitrogen and oxygen atoms in total. The van der Waals surface area contributed by atoms with Gasteiger partial charge in [-0.2, -0.15) is 0 Å². The summed E-state index contributed by atoms with van der Waals surface area (Å²) in [5, 5.41) is 1.06. The van der Waals surface area contributed by atoms with Crippen molar-refractivity contribution in [2.45, 2.75) is 25.8 Å². The van der Waals surface area contributed by atoms with Gasteiger partial charge >= 0.3 is 0 Å². The Hall–Kier alpha value is -0.610. The highest BCUT2D eigenvalue weighted by molar-refractivity contribution is 7.15. The van der Waals surface area contributed by atoms with E-state index >= 15 is 0 Å². The van der Waals surface area contributed by atoms with Gasteiger partial charge in [0.05, 0.1) is 0 Å². The number of rotatable bonds is 2. The Bertz CT molecular complexity index is 343. The minimum atomic E-state index is 0.260. The van der Waals surface area contributed by atoms with E-state index in [9.17, 15) is 0 Å². The van der Waals surface area contributed by atoms with E-state index in [1.807, 2.05) is 25.2 Å². The number of hydrogen-bond donors (Lipinski definition) is 1. The Morgan fingerprint density at radius 1 is 1.50 bits per heavy atom. The van der Waals surface area contributed by atoms with Gasteiger partial charge in [0.1, 0.15) is 0 Å². The van der Waals surface area contributed by atoms with Crippen LogP contribution in [0.3, 0.4) is 0 Å². The lowest BCUT2D eigenvalue weighted by Gasteiger charge is -2.05. The molecule has 0 unspecified atom stereocenters. The molecule has 0 amide bonds. The van der Waals surface area contributed by atoms with Crippen LogP contribution in [0, 0.1) is 5.41 Å². The van der Waals surface area contributed by atoms with E-state index in [-0.39, 0.29) is 5.41 Å². The monoisotopic (exact) mass is 211 g/mol. The molecule has 0 spiro atoms. The summed E-state index contributed by atoms with van der Waals surface area (Å²) in [7, 11) is 4.03. The maximum absolute atomic E-state index is 6.03. The molecule has 2 rings (SSSR count). The maximum atomic E-state index is 6.03. The molecule has 2 N–H and O–H groups in total. The molecule has 1 aromatic heterocycles. The van der Waals surface area contributed by atoms with E-state index in [2.05, 4.69) is 18.8 Å². The van der Waals surface area contributed by atoms with Gasteiger partial charge in [-0.1, -0.05) is 13.8 Å². The number of nitrogens with two attached hydrogens (primary N) is 1. The minimum absolute atomic E-state index is 0.260. The van der Waals surface area contributed by atoms with E-state index in [0.717, 1.165) is 5.13 Å². The van der Waals surface area contributed by atoms with E-state index in [1.165, 1.54) is 4.88 Å². The molecule has 1 fully saturated rings. The van der Waals surface area contributed by atoms with Gasteiger partial charge in [-0.15, -0.1) is 11.3 Å². The van der Waals surface area contributed by atoms with Crippen molar-refractivity contribution in [1.29, 1.82) is 0 Å². The number of aromatic nitrogens is 1. The number of anilines is 1. The quantitative estimate of drug-likeness (QED) is 0.809. The first-order valence-electron chi connectivity index (χ1n) is 4.83. The second-order valence-electron chi connectivity index (χ2n) is 4.76. The highest BCUT2D eigenvalue weighted by atomic mass is 32.1. The summed E-state index contributed by atoms with van der Waals surface area (Å²) in [4.78, 5) is 7.73. The lowest BCUT2D eigenvalue weighted by Crippen LogP contribution is -2.07. The van der Waals surface area contributed by atoms with Crippen LogP contribution >= 0.6 is 11.3 Å². The second-order valence-corrected chi connectivity index (χ2v) is 5.81. The Labute approximate surface area is 88.9 Å². The van der Waals surface area contributed by atoms with Gasteiger partial charge in [0.15, 0.2) is 5.13 Å². The molecule has 0 saturated heterocycles. The number of hydrogen-bond acceptors (Lipinski definition) is 4. The fourth-order valence-corrected chi connectivity index (χ4v) is 3.03. The van der Waals surface area contributed by atoms with E-state index in [1.54, 1.807) is 11.3 Å². The average Bonchev–Trinajstić information content (AvgIpc) is 2.55. The molecule has 0 aliphatic heterocycles. The highest BCUT2D eigenvalue weighted by Crippen LogP contribution is 2.58. The van der Waals surface area contributed by atoms with Gasteiger partial charge in [0.2, 0.25) is 0 Å². The van der Waals surface area contributed by atoms with Crippen LogP contribution < -0.4 is 10.6 Å². The van der Waals surface area contributed by atoms with Crippen molar-refractivity contribution in [2.24, 2.45) is 11.1 Å². The molecule has 14 heavy (non-hydrogen) atoms. The molecule has 1 aliphatic rings. The van der Waals surface area contributed by atoms with E-state index in [4.69, 9.17) is 5.73 Å². The fraction of sp³-hybridized carbons (Fsp3) is 0.700. The lowest BCUT2D eigenvalue weighted by molar-refractivity contribution is 0.601. The van der Waals surface area contributed by atoms with Crippen LogP contribution in [0.15, 0.2) is 6.20 Å². The molecular formula is C10H17N3S.